The van der Waals surface area contributed by atoms with Crippen molar-refractivity contribution < 1.29 is 46.9 Å². The summed E-state index contributed by atoms with van der Waals surface area (Å²) in [5, 5.41) is 21.4. The van der Waals surface area contributed by atoms with Crippen molar-refractivity contribution in [3.63, 3.8) is 0 Å². The van der Waals surface area contributed by atoms with Gasteiger partial charge in [0.25, 0.3) is 11.8 Å². The topological polar surface area (TPSA) is 194 Å². The van der Waals surface area contributed by atoms with Gasteiger partial charge in [0.05, 0.1) is 18.8 Å². The molecule has 2 amide bonds. The van der Waals surface area contributed by atoms with Crippen LogP contribution in [0.15, 0.2) is 48.5 Å². The van der Waals surface area contributed by atoms with E-state index in [-0.39, 0.29) is 36.3 Å². The third-order valence-corrected chi connectivity index (χ3v) is 8.87. The van der Waals surface area contributed by atoms with Crippen LogP contribution in [0.1, 0.15) is 67.3 Å². The number of hydrogen-bond donors (Lipinski definition) is 5. The highest BCUT2D eigenvalue weighted by molar-refractivity contribution is 6.36. The van der Waals surface area contributed by atoms with Crippen LogP contribution < -0.4 is 26.0 Å². The maximum absolute atomic E-state index is 13.0. The van der Waals surface area contributed by atoms with E-state index in [4.69, 9.17) is 21.1 Å². The van der Waals surface area contributed by atoms with Crippen LogP contribution >= 0.6 is 11.6 Å². The normalized spacial score (nSPS) is 18.3. The maximum atomic E-state index is 13.0. The van der Waals surface area contributed by atoms with Gasteiger partial charge in [-0.05, 0) is 86.9 Å². The lowest BCUT2D eigenvalue weighted by Crippen LogP contribution is -2.44. The number of nitrogens with zero attached hydrogens (tertiary/aromatic N) is 3. The summed E-state index contributed by atoms with van der Waals surface area (Å²) >= 11 is 6.02. The van der Waals surface area contributed by atoms with Crippen LogP contribution in [0.4, 0.5) is 30.8 Å². The zero-order valence-corrected chi connectivity index (χ0v) is 28.7. The second-order valence-electron chi connectivity index (χ2n) is 12.6. The first kappa shape index (κ1) is 38.2. The van der Waals surface area contributed by atoms with Gasteiger partial charge in [0.1, 0.15) is 6.04 Å². The fourth-order valence-corrected chi connectivity index (χ4v) is 5.74. The highest BCUT2D eigenvalue weighted by Gasteiger charge is 2.45. The van der Waals surface area contributed by atoms with Crippen molar-refractivity contribution in [1.82, 2.24) is 25.6 Å². The van der Waals surface area contributed by atoms with E-state index < -0.39 is 60.0 Å². The molecule has 1 unspecified atom stereocenters. The number of nitrogens with one attached hydrogen (secondary N) is 4. The van der Waals surface area contributed by atoms with Gasteiger partial charge in [-0.1, -0.05) is 23.7 Å². The van der Waals surface area contributed by atoms with E-state index >= 15 is 0 Å². The van der Waals surface area contributed by atoms with Crippen molar-refractivity contribution in [3.8, 4) is 6.01 Å². The average molecular weight is 748 g/mol. The minimum atomic E-state index is -4.64. The number of benzene rings is 2. The quantitative estimate of drug-likeness (QED) is 0.109. The van der Waals surface area contributed by atoms with Gasteiger partial charge < -0.3 is 35.8 Å². The van der Waals surface area contributed by atoms with Gasteiger partial charge in [0.2, 0.25) is 17.7 Å². The van der Waals surface area contributed by atoms with Crippen LogP contribution in [0.3, 0.4) is 0 Å². The van der Waals surface area contributed by atoms with Crippen molar-refractivity contribution >= 4 is 52.8 Å². The van der Waals surface area contributed by atoms with E-state index in [1.54, 1.807) is 12.1 Å². The van der Waals surface area contributed by atoms with Crippen molar-refractivity contribution in [2.75, 3.05) is 24.4 Å². The maximum Gasteiger partial charge on any atom is 0.422 e. The molecule has 0 saturated heterocycles. The van der Waals surface area contributed by atoms with Crippen LogP contribution in [-0.4, -0.2) is 81.7 Å². The van der Waals surface area contributed by atoms with E-state index in [1.165, 1.54) is 24.3 Å². The average Bonchev–Trinajstić information content (AvgIpc) is 3.90. The molecule has 0 aliphatic heterocycles. The molecule has 2 aliphatic rings. The van der Waals surface area contributed by atoms with Crippen molar-refractivity contribution in [2.24, 2.45) is 0 Å². The van der Waals surface area contributed by atoms with Crippen LogP contribution in [0.5, 0.6) is 6.01 Å². The number of ether oxygens (including phenoxy) is 2. The number of rotatable bonds is 15. The molecule has 14 nitrogen and oxygen atoms in total. The number of ketones is 1. The van der Waals surface area contributed by atoms with Crippen LogP contribution in [0.25, 0.3) is 0 Å². The molecule has 18 heteroatoms. The van der Waals surface area contributed by atoms with E-state index in [0.717, 1.165) is 12.7 Å². The lowest BCUT2D eigenvalue weighted by atomic mass is 9.93. The van der Waals surface area contributed by atoms with E-state index in [2.05, 4.69) is 36.2 Å². The molecular formula is C34H37ClF3N7O7. The summed E-state index contributed by atoms with van der Waals surface area (Å²) in [6, 6.07) is 10.9. The molecule has 278 valence electrons. The zero-order valence-electron chi connectivity index (χ0n) is 28.0. The number of carbonyl (C=O) groups excluding carboxylic acids is 4. The molecule has 0 bridgehead atoms. The summed E-state index contributed by atoms with van der Waals surface area (Å²) < 4.78 is 48.4. The molecular weight excluding hydrogens is 711 g/mol. The first-order valence-corrected chi connectivity index (χ1v) is 16.9. The predicted molar refractivity (Wildman–Crippen MR) is 181 cm³/mol. The number of amides is 2. The van der Waals surface area contributed by atoms with Gasteiger partial charge >= 0.3 is 18.2 Å². The second kappa shape index (κ2) is 16.5. The number of aliphatic hydroxyl groups is 1. The predicted octanol–water partition coefficient (Wildman–Crippen LogP) is 4.35. The molecule has 2 saturated carbocycles. The Bertz CT molecular complexity index is 1750. The van der Waals surface area contributed by atoms with E-state index in [9.17, 15) is 37.5 Å². The van der Waals surface area contributed by atoms with E-state index in [0.29, 0.717) is 49.2 Å². The standard InChI is InChI=1S/C34H37ClF3N7O7/c1-51-29(50)25(14-15-26(47)28(49)39-22-10-12-24(46)13-11-22)41-27(48)19-2-8-23(9-3-19)40-30-42-31(44-32(43-30)52-18-34(36,37)38)45-33(16-17-33)20-4-6-21(35)7-5-20/h2-9,22,24-25,46H,10-18H2,1H3,(H,39,49)(H,41,48)(H2,40,42,43,44,45). The summed E-state index contributed by atoms with van der Waals surface area (Å²) in [6.07, 6.45) is -2.02. The molecule has 3 aromatic rings. The molecule has 0 spiro atoms. The SMILES string of the molecule is COC(=O)C(CCC(=O)C(=O)NC1CCC(O)CC1)NC(=O)c1ccc(Nc2nc(NC3(c4ccc(Cl)cc4)CC3)nc(OCC(F)(F)F)n2)cc1. The minimum absolute atomic E-state index is 0.0308. The molecule has 1 atom stereocenters. The first-order valence-electron chi connectivity index (χ1n) is 16.5. The summed E-state index contributed by atoms with van der Waals surface area (Å²) in [7, 11) is 1.12. The fourth-order valence-electron chi connectivity index (χ4n) is 5.61. The highest BCUT2D eigenvalue weighted by Crippen LogP contribution is 2.48. The molecule has 2 aromatic carbocycles. The largest absolute Gasteiger partial charge is 0.467 e. The molecule has 1 aromatic heterocycles. The highest BCUT2D eigenvalue weighted by atomic mass is 35.5. The van der Waals surface area contributed by atoms with Gasteiger partial charge in [0.15, 0.2) is 6.61 Å². The van der Waals surface area contributed by atoms with E-state index in [1.807, 2.05) is 12.1 Å². The third-order valence-electron chi connectivity index (χ3n) is 8.62. The van der Waals surface area contributed by atoms with Crippen molar-refractivity contribution in [1.29, 1.82) is 0 Å². The smallest absolute Gasteiger partial charge is 0.422 e. The summed E-state index contributed by atoms with van der Waals surface area (Å²) in [5.74, 6) is -3.21. The monoisotopic (exact) mass is 747 g/mol. The summed E-state index contributed by atoms with van der Waals surface area (Å²) in [6.45, 7) is -1.62. The van der Waals surface area contributed by atoms with Gasteiger partial charge in [-0.3, -0.25) is 14.4 Å². The van der Waals surface area contributed by atoms with Gasteiger partial charge in [-0.25, -0.2) is 4.79 Å². The number of hydrogen-bond acceptors (Lipinski definition) is 12. The Kier molecular flexibility index (Phi) is 12.2. The number of anilines is 3. The van der Waals surface area contributed by atoms with Crippen molar-refractivity contribution in [3.05, 3.63) is 64.7 Å². The van der Waals surface area contributed by atoms with Gasteiger partial charge in [0, 0.05) is 28.7 Å². The Labute approximate surface area is 301 Å². The first-order chi connectivity index (χ1) is 24.7. The van der Waals surface area contributed by atoms with Gasteiger partial charge in [-0.2, -0.15) is 28.1 Å². The fraction of sp³-hybridized carbons (Fsp3) is 0.441. The molecule has 1 heterocycles. The molecule has 5 rings (SSSR count). The number of aliphatic hydroxyl groups excluding tert-OH is 1. The number of alkyl halides is 3. The lowest BCUT2D eigenvalue weighted by Gasteiger charge is -2.25. The summed E-state index contributed by atoms with van der Waals surface area (Å²) in [4.78, 5) is 62.7. The molecule has 52 heavy (non-hydrogen) atoms. The number of Topliss-reactive ketones (excluding diaryl/α,β-unsaturated/α-hetero) is 1. The Morgan fingerprint density at radius 1 is 0.962 bits per heavy atom. The third kappa shape index (κ3) is 10.7. The summed E-state index contributed by atoms with van der Waals surface area (Å²) in [5.41, 5.74) is 0.806. The Hall–Kier alpha value is -5.03. The van der Waals surface area contributed by atoms with Crippen LogP contribution in [0, 0.1) is 0 Å². The Morgan fingerprint density at radius 2 is 1.62 bits per heavy atom. The number of aromatic nitrogens is 3. The Balaban J connectivity index is 1.22. The molecule has 0 radical (unpaired) electrons. The molecule has 5 N–H and O–H groups in total. The molecule has 2 aliphatic carbocycles. The number of esters is 1. The number of halogens is 4. The van der Waals surface area contributed by atoms with Crippen LogP contribution in [-0.2, 0) is 24.7 Å². The number of carbonyl (C=O) groups is 4. The zero-order chi connectivity index (χ0) is 37.5. The van der Waals surface area contributed by atoms with Crippen molar-refractivity contribution in [2.45, 2.75) is 81.3 Å². The lowest BCUT2D eigenvalue weighted by molar-refractivity contribution is -0.154. The number of methoxy groups -OCH3 is 1. The molecule has 2 fully saturated rings. The minimum Gasteiger partial charge on any atom is -0.467 e. The van der Waals surface area contributed by atoms with Crippen LogP contribution in [0.2, 0.25) is 5.02 Å². The van der Waals surface area contributed by atoms with Gasteiger partial charge in [-0.15, -0.1) is 0 Å². The second-order valence-corrected chi connectivity index (χ2v) is 13.0. The Morgan fingerprint density at radius 3 is 2.23 bits per heavy atom.